The summed E-state index contributed by atoms with van der Waals surface area (Å²) in [6, 6.07) is 10.9. The standard InChI is InChI=1S/C16H16ClNO2/c1-10-7-8-12(9-14(10)17)18-16(19)13-6-4-5-11(2)15(13)20-3/h4-9H,1-3H3,(H,18,19). The summed E-state index contributed by atoms with van der Waals surface area (Å²) in [6.07, 6.45) is 0. The molecule has 1 amide bonds. The fourth-order valence-electron chi connectivity index (χ4n) is 1.97. The molecule has 0 radical (unpaired) electrons. The van der Waals surface area contributed by atoms with E-state index in [4.69, 9.17) is 16.3 Å². The van der Waals surface area contributed by atoms with Gasteiger partial charge < -0.3 is 10.1 Å². The molecule has 0 saturated heterocycles. The molecule has 0 spiro atoms. The summed E-state index contributed by atoms with van der Waals surface area (Å²) in [5, 5.41) is 3.45. The van der Waals surface area contributed by atoms with Gasteiger partial charge in [0.25, 0.3) is 5.91 Å². The Bertz CT molecular complexity index is 653. The van der Waals surface area contributed by atoms with Crippen LogP contribution in [0.2, 0.25) is 5.02 Å². The lowest BCUT2D eigenvalue weighted by molar-refractivity contribution is 0.102. The Morgan fingerprint density at radius 3 is 2.55 bits per heavy atom. The molecule has 104 valence electrons. The number of para-hydroxylation sites is 1. The van der Waals surface area contributed by atoms with Crippen molar-refractivity contribution < 1.29 is 9.53 Å². The molecule has 0 aromatic heterocycles. The lowest BCUT2D eigenvalue weighted by Gasteiger charge is -2.12. The van der Waals surface area contributed by atoms with Crippen LogP contribution in [0.4, 0.5) is 5.69 Å². The number of nitrogens with one attached hydrogen (secondary N) is 1. The van der Waals surface area contributed by atoms with E-state index in [2.05, 4.69) is 5.32 Å². The second-order valence-electron chi connectivity index (χ2n) is 4.57. The number of carbonyl (C=O) groups is 1. The molecule has 1 N–H and O–H groups in total. The summed E-state index contributed by atoms with van der Waals surface area (Å²) in [4.78, 5) is 12.3. The number of rotatable bonds is 3. The van der Waals surface area contributed by atoms with Gasteiger partial charge in [0, 0.05) is 10.7 Å². The third kappa shape index (κ3) is 2.94. The molecule has 0 aliphatic heterocycles. The molecule has 0 fully saturated rings. The third-order valence-corrected chi connectivity index (χ3v) is 3.50. The van der Waals surface area contributed by atoms with Crippen LogP contribution in [-0.2, 0) is 0 Å². The van der Waals surface area contributed by atoms with Crippen LogP contribution in [0, 0.1) is 13.8 Å². The summed E-state index contributed by atoms with van der Waals surface area (Å²) < 4.78 is 5.29. The van der Waals surface area contributed by atoms with Gasteiger partial charge in [0.05, 0.1) is 12.7 Å². The van der Waals surface area contributed by atoms with Gasteiger partial charge in [-0.25, -0.2) is 0 Å². The molecule has 20 heavy (non-hydrogen) atoms. The molecule has 2 aromatic carbocycles. The van der Waals surface area contributed by atoms with Crippen LogP contribution in [0.25, 0.3) is 0 Å². The van der Waals surface area contributed by atoms with Crippen molar-refractivity contribution in [2.24, 2.45) is 0 Å². The minimum absolute atomic E-state index is 0.217. The Hall–Kier alpha value is -2.00. The third-order valence-electron chi connectivity index (χ3n) is 3.09. The number of anilines is 1. The molecule has 4 heteroatoms. The first-order valence-corrected chi connectivity index (χ1v) is 6.62. The van der Waals surface area contributed by atoms with Gasteiger partial charge in [0.1, 0.15) is 5.75 Å². The second kappa shape index (κ2) is 5.97. The van der Waals surface area contributed by atoms with Crippen LogP contribution < -0.4 is 10.1 Å². The summed E-state index contributed by atoms with van der Waals surface area (Å²) in [6.45, 7) is 3.82. The lowest BCUT2D eigenvalue weighted by atomic mass is 10.1. The topological polar surface area (TPSA) is 38.3 Å². The molecule has 0 aliphatic carbocycles. The van der Waals surface area contributed by atoms with E-state index in [1.165, 1.54) is 0 Å². The van der Waals surface area contributed by atoms with E-state index in [0.29, 0.717) is 22.0 Å². The summed E-state index contributed by atoms with van der Waals surface area (Å²) in [5.74, 6) is 0.369. The SMILES string of the molecule is COc1c(C)cccc1C(=O)Nc1ccc(C)c(Cl)c1. The van der Waals surface area contributed by atoms with Gasteiger partial charge in [-0.3, -0.25) is 4.79 Å². The predicted molar refractivity (Wildman–Crippen MR) is 81.9 cm³/mol. The minimum Gasteiger partial charge on any atom is -0.496 e. The van der Waals surface area contributed by atoms with E-state index in [9.17, 15) is 4.79 Å². The molecular formula is C16H16ClNO2. The van der Waals surface area contributed by atoms with Gasteiger partial charge in [-0.1, -0.05) is 29.8 Å². The number of hydrogen-bond donors (Lipinski definition) is 1. The highest BCUT2D eigenvalue weighted by molar-refractivity contribution is 6.31. The number of methoxy groups -OCH3 is 1. The number of aryl methyl sites for hydroxylation is 2. The van der Waals surface area contributed by atoms with Gasteiger partial charge in [0.2, 0.25) is 0 Å². The zero-order valence-electron chi connectivity index (χ0n) is 11.7. The van der Waals surface area contributed by atoms with Crippen LogP contribution >= 0.6 is 11.6 Å². The Kier molecular flexibility index (Phi) is 4.30. The molecule has 0 bridgehead atoms. The smallest absolute Gasteiger partial charge is 0.259 e. The van der Waals surface area contributed by atoms with E-state index >= 15 is 0 Å². The monoisotopic (exact) mass is 289 g/mol. The van der Waals surface area contributed by atoms with E-state index in [0.717, 1.165) is 11.1 Å². The Labute approximate surface area is 123 Å². The average molecular weight is 290 g/mol. The van der Waals surface area contributed by atoms with E-state index in [1.807, 2.05) is 38.1 Å². The average Bonchev–Trinajstić information content (AvgIpc) is 2.42. The molecule has 0 unspecified atom stereocenters. The van der Waals surface area contributed by atoms with Crippen molar-refractivity contribution in [1.82, 2.24) is 0 Å². The van der Waals surface area contributed by atoms with Gasteiger partial charge >= 0.3 is 0 Å². The maximum Gasteiger partial charge on any atom is 0.259 e. The van der Waals surface area contributed by atoms with Crippen molar-refractivity contribution in [1.29, 1.82) is 0 Å². The lowest BCUT2D eigenvalue weighted by Crippen LogP contribution is -2.13. The Balaban J connectivity index is 2.28. The van der Waals surface area contributed by atoms with Crippen LogP contribution in [0.15, 0.2) is 36.4 Å². The van der Waals surface area contributed by atoms with E-state index < -0.39 is 0 Å². The molecule has 2 rings (SSSR count). The molecule has 2 aromatic rings. The molecule has 0 heterocycles. The minimum atomic E-state index is -0.217. The van der Waals surface area contributed by atoms with Gasteiger partial charge in [-0.2, -0.15) is 0 Å². The Morgan fingerprint density at radius 1 is 1.15 bits per heavy atom. The van der Waals surface area contributed by atoms with E-state index in [1.54, 1.807) is 19.2 Å². The number of amides is 1. The second-order valence-corrected chi connectivity index (χ2v) is 4.98. The quantitative estimate of drug-likeness (QED) is 0.919. The molecule has 0 aliphatic rings. The zero-order chi connectivity index (χ0) is 14.7. The fraction of sp³-hybridized carbons (Fsp3) is 0.188. The fourth-order valence-corrected chi connectivity index (χ4v) is 2.15. The summed E-state index contributed by atoms with van der Waals surface area (Å²) >= 11 is 6.05. The highest BCUT2D eigenvalue weighted by atomic mass is 35.5. The van der Waals surface area contributed by atoms with Crippen LogP contribution in [0.1, 0.15) is 21.5 Å². The Morgan fingerprint density at radius 2 is 1.90 bits per heavy atom. The van der Waals surface area contributed by atoms with Crippen molar-refractivity contribution in [3.8, 4) is 5.75 Å². The maximum absolute atomic E-state index is 12.3. The van der Waals surface area contributed by atoms with Crippen molar-refractivity contribution >= 4 is 23.2 Å². The van der Waals surface area contributed by atoms with Crippen LogP contribution in [-0.4, -0.2) is 13.0 Å². The van der Waals surface area contributed by atoms with Crippen molar-refractivity contribution in [2.45, 2.75) is 13.8 Å². The van der Waals surface area contributed by atoms with Crippen LogP contribution in [0.5, 0.6) is 5.75 Å². The highest BCUT2D eigenvalue weighted by Gasteiger charge is 2.14. The largest absolute Gasteiger partial charge is 0.496 e. The summed E-state index contributed by atoms with van der Waals surface area (Å²) in [7, 11) is 1.56. The first-order chi connectivity index (χ1) is 9.52. The number of carbonyl (C=O) groups excluding carboxylic acids is 1. The maximum atomic E-state index is 12.3. The van der Waals surface area contributed by atoms with Crippen LogP contribution in [0.3, 0.4) is 0 Å². The molecule has 0 saturated carbocycles. The van der Waals surface area contributed by atoms with Crippen molar-refractivity contribution in [3.63, 3.8) is 0 Å². The molecular weight excluding hydrogens is 274 g/mol. The van der Waals surface area contributed by atoms with Gasteiger partial charge in [-0.05, 0) is 43.2 Å². The number of benzene rings is 2. The first-order valence-electron chi connectivity index (χ1n) is 6.24. The van der Waals surface area contributed by atoms with E-state index in [-0.39, 0.29) is 5.91 Å². The van der Waals surface area contributed by atoms with Crippen molar-refractivity contribution in [3.05, 3.63) is 58.1 Å². The van der Waals surface area contributed by atoms with Gasteiger partial charge in [0.15, 0.2) is 0 Å². The predicted octanol–water partition coefficient (Wildman–Crippen LogP) is 4.22. The van der Waals surface area contributed by atoms with Crippen molar-refractivity contribution in [2.75, 3.05) is 12.4 Å². The normalized spacial score (nSPS) is 10.2. The number of hydrogen-bond acceptors (Lipinski definition) is 2. The number of halogens is 1. The first kappa shape index (κ1) is 14.4. The summed E-state index contributed by atoms with van der Waals surface area (Å²) in [5.41, 5.74) is 3.05. The zero-order valence-corrected chi connectivity index (χ0v) is 12.4. The molecule has 0 atom stereocenters. The van der Waals surface area contributed by atoms with Gasteiger partial charge in [-0.15, -0.1) is 0 Å². The highest BCUT2D eigenvalue weighted by Crippen LogP contribution is 2.25. The number of ether oxygens (including phenoxy) is 1. The molecule has 3 nitrogen and oxygen atoms in total.